The number of benzene rings is 1. The highest BCUT2D eigenvalue weighted by atomic mass is 16.5. The number of ether oxygens (including phenoxy) is 1. The van der Waals surface area contributed by atoms with Gasteiger partial charge in [0.2, 0.25) is 5.91 Å². The number of anilines is 1. The summed E-state index contributed by atoms with van der Waals surface area (Å²) in [4.78, 5) is 37.3. The van der Waals surface area contributed by atoms with Crippen LogP contribution in [0.1, 0.15) is 24.8 Å². The number of carbonyl (C=O) groups is 3. The Balaban J connectivity index is 1.71. The molecular formula is C20H27N3O6. The lowest BCUT2D eigenvalue weighted by Gasteiger charge is -2.28. The van der Waals surface area contributed by atoms with Crippen molar-refractivity contribution in [3.63, 3.8) is 0 Å². The Morgan fingerprint density at radius 1 is 1.21 bits per heavy atom. The predicted molar refractivity (Wildman–Crippen MR) is 105 cm³/mol. The second-order valence-corrected chi connectivity index (χ2v) is 7.38. The number of carboxylic acids is 2. The zero-order valence-electron chi connectivity index (χ0n) is 16.2. The van der Waals surface area contributed by atoms with Gasteiger partial charge in [0, 0.05) is 5.69 Å². The summed E-state index contributed by atoms with van der Waals surface area (Å²) in [5.41, 5.74) is 1.42. The normalized spacial score (nSPS) is 21.3. The molecule has 9 heteroatoms. The van der Waals surface area contributed by atoms with Gasteiger partial charge in [-0.2, -0.15) is 0 Å². The molecule has 1 aromatic rings. The third-order valence-electron chi connectivity index (χ3n) is 5.33. The number of nitrogens with zero attached hydrogens (tertiary/aromatic N) is 1. The second-order valence-electron chi connectivity index (χ2n) is 7.38. The van der Waals surface area contributed by atoms with Gasteiger partial charge < -0.3 is 20.3 Å². The van der Waals surface area contributed by atoms with E-state index in [1.165, 1.54) is 4.90 Å². The highest BCUT2D eigenvalue weighted by molar-refractivity contribution is 6.02. The van der Waals surface area contributed by atoms with E-state index in [-0.39, 0.29) is 12.7 Å². The fourth-order valence-electron chi connectivity index (χ4n) is 3.80. The largest absolute Gasteiger partial charge is 0.480 e. The first-order valence-corrected chi connectivity index (χ1v) is 9.88. The van der Waals surface area contributed by atoms with Crippen LogP contribution >= 0.6 is 0 Å². The molecule has 158 valence electrons. The second kappa shape index (κ2) is 9.82. The Morgan fingerprint density at radius 3 is 2.62 bits per heavy atom. The van der Waals surface area contributed by atoms with Gasteiger partial charge in [-0.05, 0) is 50.4 Å². The number of fused-ring (bicyclic) bond motifs is 1. The minimum absolute atomic E-state index is 0.00232. The van der Waals surface area contributed by atoms with E-state index in [9.17, 15) is 24.6 Å². The van der Waals surface area contributed by atoms with Crippen molar-refractivity contribution in [1.82, 2.24) is 10.6 Å². The molecular weight excluding hydrogens is 378 g/mol. The van der Waals surface area contributed by atoms with Gasteiger partial charge in [0.25, 0.3) is 0 Å². The number of hydrogen-bond acceptors (Lipinski definition) is 6. The van der Waals surface area contributed by atoms with Gasteiger partial charge in [-0.3, -0.25) is 24.6 Å². The van der Waals surface area contributed by atoms with Crippen LogP contribution in [0.25, 0.3) is 0 Å². The van der Waals surface area contributed by atoms with Crippen molar-refractivity contribution in [3.8, 4) is 0 Å². The van der Waals surface area contributed by atoms with Gasteiger partial charge >= 0.3 is 11.9 Å². The lowest BCUT2D eigenvalue weighted by atomic mass is 10.1. The van der Waals surface area contributed by atoms with E-state index < -0.39 is 36.5 Å². The molecule has 1 aromatic carbocycles. The highest BCUT2D eigenvalue weighted by Gasteiger charge is 2.34. The Hall–Kier alpha value is -2.49. The molecule has 1 saturated heterocycles. The van der Waals surface area contributed by atoms with Gasteiger partial charge in [-0.15, -0.1) is 0 Å². The number of aliphatic carboxylic acids is 2. The maximum absolute atomic E-state index is 13.1. The topological polar surface area (TPSA) is 128 Å². The Kier molecular flexibility index (Phi) is 7.18. The molecule has 3 rings (SSSR count). The number of carboxylic acid groups (broad SMARTS) is 2. The first kappa shape index (κ1) is 21.2. The first-order chi connectivity index (χ1) is 14.0. The van der Waals surface area contributed by atoms with Crippen LogP contribution in [0.2, 0.25) is 0 Å². The standard InChI is InChI=1S/C20H27N3O6/c24-18(25)11-23-17-4-2-1-3-13(17)5-6-15(19(23)26)22-16(20(27)28)12-29-14-7-9-21-10-8-14/h1-4,14-16,21-22H,5-12H2,(H,24,25)(H,27,28)/t15-,16+/m1/s1. The minimum Gasteiger partial charge on any atom is -0.480 e. The van der Waals surface area contributed by atoms with Crippen molar-refractivity contribution in [2.45, 2.75) is 43.9 Å². The van der Waals surface area contributed by atoms with Crippen LogP contribution in [-0.4, -0.2) is 72.5 Å². The van der Waals surface area contributed by atoms with Gasteiger partial charge in [-0.25, -0.2) is 0 Å². The molecule has 2 heterocycles. The zero-order valence-corrected chi connectivity index (χ0v) is 16.2. The van der Waals surface area contributed by atoms with Crippen molar-refractivity contribution in [2.75, 3.05) is 31.1 Å². The molecule has 0 aliphatic carbocycles. The summed E-state index contributed by atoms with van der Waals surface area (Å²) in [6.07, 6.45) is 2.55. The first-order valence-electron chi connectivity index (χ1n) is 9.88. The van der Waals surface area contributed by atoms with E-state index in [2.05, 4.69) is 10.6 Å². The van der Waals surface area contributed by atoms with Crippen LogP contribution in [0.15, 0.2) is 24.3 Å². The van der Waals surface area contributed by atoms with Crippen molar-refractivity contribution >= 4 is 23.5 Å². The van der Waals surface area contributed by atoms with E-state index in [0.717, 1.165) is 31.5 Å². The van der Waals surface area contributed by atoms with E-state index in [0.29, 0.717) is 18.5 Å². The summed E-state index contributed by atoms with van der Waals surface area (Å²) < 4.78 is 5.77. The number of para-hydroxylation sites is 1. The number of rotatable bonds is 8. The average molecular weight is 405 g/mol. The molecule has 0 saturated carbocycles. The molecule has 29 heavy (non-hydrogen) atoms. The van der Waals surface area contributed by atoms with E-state index in [1.807, 2.05) is 12.1 Å². The van der Waals surface area contributed by atoms with Gasteiger partial charge in [0.1, 0.15) is 12.6 Å². The molecule has 9 nitrogen and oxygen atoms in total. The molecule has 0 radical (unpaired) electrons. The minimum atomic E-state index is -1.13. The van der Waals surface area contributed by atoms with Crippen LogP contribution < -0.4 is 15.5 Å². The van der Waals surface area contributed by atoms with Crippen LogP contribution in [0, 0.1) is 0 Å². The summed E-state index contributed by atoms with van der Waals surface area (Å²) in [7, 11) is 0. The fraction of sp³-hybridized carbons (Fsp3) is 0.550. The molecule has 0 unspecified atom stereocenters. The third-order valence-corrected chi connectivity index (χ3v) is 5.33. The lowest BCUT2D eigenvalue weighted by molar-refractivity contribution is -0.143. The number of nitrogens with one attached hydrogen (secondary N) is 2. The molecule has 2 atom stereocenters. The predicted octanol–water partition coefficient (Wildman–Crippen LogP) is 0.230. The molecule has 0 spiro atoms. The fourth-order valence-corrected chi connectivity index (χ4v) is 3.80. The van der Waals surface area contributed by atoms with E-state index >= 15 is 0 Å². The van der Waals surface area contributed by atoms with Crippen LogP contribution in [0.4, 0.5) is 5.69 Å². The number of hydrogen-bond donors (Lipinski definition) is 4. The quantitative estimate of drug-likeness (QED) is 0.484. The maximum Gasteiger partial charge on any atom is 0.323 e. The van der Waals surface area contributed by atoms with Crippen molar-refractivity contribution in [1.29, 1.82) is 0 Å². The maximum atomic E-state index is 13.1. The van der Waals surface area contributed by atoms with E-state index in [4.69, 9.17) is 4.74 Å². The van der Waals surface area contributed by atoms with Crippen molar-refractivity contribution < 1.29 is 29.3 Å². The Morgan fingerprint density at radius 2 is 1.93 bits per heavy atom. The van der Waals surface area contributed by atoms with Gasteiger partial charge in [-0.1, -0.05) is 18.2 Å². The average Bonchev–Trinajstić information content (AvgIpc) is 2.83. The summed E-state index contributed by atoms with van der Waals surface area (Å²) >= 11 is 0. The summed E-state index contributed by atoms with van der Waals surface area (Å²) in [6, 6.07) is 5.30. The summed E-state index contributed by atoms with van der Waals surface area (Å²) in [5.74, 6) is -2.67. The highest BCUT2D eigenvalue weighted by Crippen LogP contribution is 2.27. The van der Waals surface area contributed by atoms with Crippen LogP contribution in [-0.2, 0) is 25.5 Å². The Labute approximate surface area is 169 Å². The van der Waals surface area contributed by atoms with Crippen molar-refractivity contribution in [3.05, 3.63) is 29.8 Å². The smallest absolute Gasteiger partial charge is 0.323 e. The molecule has 0 aromatic heterocycles. The molecule has 4 N–H and O–H groups in total. The molecule has 1 fully saturated rings. The Bertz CT molecular complexity index is 749. The van der Waals surface area contributed by atoms with Crippen LogP contribution in [0.3, 0.4) is 0 Å². The third kappa shape index (κ3) is 5.53. The summed E-state index contributed by atoms with van der Waals surface area (Å²) in [6.45, 7) is 1.14. The number of carbonyl (C=O) groups excluding carboxylic acids is 1. The SMILES string of the molecule is O=C(O)CN1C(=O)[C@H](N[C@@H](COC2CCNCC2)C(=O)O)CCc2ccccc21. The number of aryl methyl sites for hydroxylation is 1. The molecule has 2 aliphatic rings. The molecule has 0 bridgehead atoms. The number of amides is 1. The number of piperidine rings is 1. The molecule has 2 aliphatic heterocycles. The van der Waals surface area contributed by atoms with Crippen molar-refractivity contribution in [2.24, 2.45) is 0 Å². The van der Waals surface area contributed by atoms with Gasteiger partial charge in [0.15, 0.2) is 0 Å². The van der Waals surface area contributed by atoms with Crippen LogP contribution in [0.5, 0.6) is 0 Å². The monoisotopic (exact) mass is 405 g/mol. The lowest BCUT2D eigenvalue weighted by Crippen LogP contribution is -2.54. The molecule has 1 amide bonds. The van der Waals surface area contributed by atoms with Gasteiger partial charge in [0.05, 0.1) is 18.8 Å². The summed E-state index contributed by atoms with van der Waals surface area (Å²) in [5, 5.41) is 25.0. The zero-order chi connectivity index (χ0) is 20.8. The van der Waals surface area contributed by atoms with E-state index in [1.54, 1.807) is 12.1 Å².